The van der Waals surface area contributed by atoms with Gasteiger partial charge in [-0.05, 0) is 25.1 Å². The average molecular weight is 290 g/mol. The van der Waals surface area contributed by atoms with Gasteiger partial charge in [0.1, 0.15) is 10.7 Å². The minimum absolute atomic E-state index is 0.120. The molecule has 1 aliphatic rings. The van der Waals surface area contributed by atoms with Gasteiger partial charge in [-0.25, -0.2) is 12.8 Å². The molecule has 1 atom stereocenters. The van der Waals surface area contributed by atoms with Gasteiger partial charge in [0.25, 0.3) is 0 Å². The van der Waals surface area contributed by atoms with Gasteiger partial charge in [-0.15, -0.1) is 0 Å². The smallest absolute Gasteiger partial charge is 0.246 e. The summed E-state index contributed by atoms with van der Waals surface area (Å²) in [6, 6.07) is 3.55. The molecule has 1 heterocycles. The number of rotatable bonds is 2. The Hall–Kier alpha value is -0.790. The first-order chi connectivity index (χ1) is 8.43. The fraction of sp³-hybridized carbons (Fsp3) is 0.455. The molecule has 2 rings (SSSR count). The molecule has 0 radical (unpaired) electrons. The van der Waals surface area contributed by atoms with E-state index in [0.717, 1.165) is 17.6 Å². The van der Waals surface area contributed by atoms with E-state index in [1.165, 1.54) is 16.4 Å². The van der Waals surface area contributed by atoms with Crippen LogP contribution in [0.4, 0.5) is 10.1 Å². The molecule has 1 unspecified atom stereocenters. The second kappa shape index (κ2) is 5.07. The van der Waals surface area contributed by atoms with Crippen LogP contribution in [0, 0.1) is 5.82 Å². The van der Waals surface area contributed by atoms with Crippen LogP contribution < -0.4 is 5.73 Å². The molecule has 4 nitrogen and oxygen atoms in total. The lowest BCUT2D eigenvalue weighted by atomic mass is 10.3. The van der Waals surface area contributed by atoms with E-state index in [-0.39, 0.29) is 16.6 Å². The Morgan fingerprint density at radius 1 is 1.50 bits per heavy atom. The highest BCUT2D eigenvalue weighted by atomic mass is 32.2. The van der Waals surface area contributed by atoms with Crippen LogP contribution >= 0.6 is 11.8 Å². The van der Waals surface area contributed by atoms with Crippen molar-refractivity contribution in [3.63, 3.8) is 0 Å². The van der Waals surface area contributed by atoms with E-state index in [1.807, 2.05) is 6.92 Å². The van der Waals surface area contributed by atoms with Crippen LogP contribution in [0.25, 0.3) is 0 Å². The van der Waals surface area contributed by atoms with E-state index < -0.39 is 15.8 Å². The standard InChI is InChI=1S/C11H15FN2O2S2/c1-8-7-17-5-4-14(8)18(15,16)11-3-2-9(13)6-10(11)12/h2-3,6,8H,4-5,7,13H2,1H3. The first-order valence-corrected chi connectivity index (χ1v) is 8.17. The fourth-order valence-electron chi connectivity index (χ4n) is 1.92. The average Bonchev–Trinajstić information content (AvgIpc) is 2.28. The lowest BCUT2D eigenvalue weighted by Gasteiger charge is -2.32. The highest BCUT2D eigenvalue weighted by Crippen LogP contribution is 2.26. The van der Waals surface area contributed by atoms with Crippen LogP contribution in [-0.2, 0) is 10.0 Å². The first-order valence-electron chi connectivity index (χ1n) is 5.57. The van der Waals surface area contributed by atoms with Crippen LogP contribution in [0.5, 0.6) is 0 Å². The molecule has 0 spiro atoms. The minimum atomic E-state index is -3.77. The van der Waals surface area contributed by atoms with Gasteiger partial charge in [0.15, 0.2) is 0 Å². The molecule has 0 bridgehead atoms. The fourth-order valence-corrected chi connectivity index (χ4v) is 4.82. The molecule has 1 aromatic carbocycles. The zero-order valence-corrected chi connectivity index (χ0v) is 11.6. The van der Waals surface area contributed by atoms with Crippen molar-refractivity contribution in [1.82, 2.24) is 4.31 Å². The summed E-state index contributed by atoms with van der Waals surface area (Å²) in [5.74, 6) is 0.677. The zero-order valence-electron chi connectivity index (χ0n) is 9.97. The number of thioether (sulfide) groups is 1. The zero-order chi connectivity index (χ0) is 13.3. The number of benzene rings is 1. The van der Waals surface area contributed by atoms with Gasteiger partial charge in [0, 0.05) is 29.8 Å². The molecule has 0 aliphatic carbocycles. The second-order valence-corrected chi connectivity index (χ2v) is 7.24. The third-order valence-electron chi connectivity index (χ3n) is 2.85. The van der Waals surface area contributed by atoms with Crippen LogP contribution in [0.2, 0.25) is 0 Å². The summed E-state index contributed by atoms with van der Waals surface area (Å²) in [4.78, 5) is -0.296. The van der Waals surface area contributed by atoms with Crippen molar-refractivity contribution in [2.24, 2.45) is 0 Å². The highest BCUT2D eigenvalue weighted by Gasteiger charge is 2.33. The third-order valence-corrected chi connectivity index (χ3v) is 6.09. The number of sulfonamides is 1. The Morgan fingerprint density at radius 2 is 2.22 bits per heavy atom. The van der Waals surface area contributed by atoms with Crippen molar-refractivity contribution in [3.05, 3.63) is 24.0 Å². The van der Waals surface area contributed by atoms with Crippen LogP contribution in [0.3, 0.4) is 0 Å². The second-order valence-electron chi connectivity index (χ2n) is 4.23. The maximum Gasteiger partial charge on any atom is 0.246 e. The SMILES string of the molecule is CC1CSCCN1S(=O)(=O)c1ccc(N)cc1F. The minimum Gasteiger partial charge on any atom is -0.399 e. The predicted octanol–water partition coefficient (Wildman–Crippen LogP) is 1.53. The molecule has 7 heteroatoms. The monoisotopic (exact) mass is 290 g/mol. The molecule has 0 saturated carbocycles. The van der Waals surface area contributed by atoms with Crippen molar-refractivity contribution in [3.8, 4) is 0 Å². The topological polar surface area (TPSA) is 63.4 Å². The van der Waals surface area contributed by atoms with E-state index in [1.54, 1.807) is 11.8 Å². The summed E-state index contributed by atoms with van der Waals surface area (Å²) in [6.07, 6.45) is 0. The summed E-state index contributed by atoms with van der Waals surface area (Å²) < 4.78 is 39.8. The van der Waals surface area contributed by atoms with Crippen molar-refractivity contribution in [1.29, 1.82) is 0 Å². The van der Waals surface area contributed by atoms with Crippen molar-refractivity contribution >= 4 is 27.5 Å². The van der Waals surface area contributed by atoms with Gasteiger partial charge < -0.3 is 5.73 Å². The van der Waals surface area contributed by atoms with E-state index >= 15 is 0 Å². The normalized spacial score (nSPS) is 22.0. The maximum absolute atomic E-state index is 13.7. The number of nitrogen functional groups attached to an aromatic ring is 1. The molecule has 1 saturated heterocycles. The predicted molar refractivity (Wildman–Crippen MR) is 71.5 cm³/mol. The third kappa shape index (κ3) is 2.48. The summed E-state index contributed by atoms with van der Waals surface area (Å²) in [6.45, 7) is 2.25. The molecule has 0 amide bonds. The van der Waals surface area contributed by atoms with Gasteiger partial charge in [0.2, 0.25) is 10.0 Å². The summed E-state index contributed by atoms with van der Waals surface area (Å²) in [5, 5.41) is 0. The number of hydrogen-bond acceptors (Lipinski definition) is 4. The summed E-state index contributed by atoms with van der Waals surface area (Å²) in [5.41, 5.74) is 5.64. The largest absolute Gasteiger partial charge is 0.399 e. The Bertz CT molecular complexity index is 548. The quantitative estimate of drug-likeness (QED) is 0.839. The van der Waals surface area contributed by atoms with Gasteiger partial charge in [-0.3, -0.25) is 0 Å². The maximum atomic E-state index is 13.7. The molecule has 1 fully saturated rings. The first kappa shape index (κ1) is 13.6. The van der Waals surface area contributed by atoms with Crippen LogP contribution in [-0.4, -0.2) is 36.8 Å². The molecule has 1 aliphatic heterocycles. The molecular weight excluding hydrogens is 275 g/mol. The Balaban J connectivity index is 2.41. The molecule has 0 aromatic heterocycles. The number of hydrogen-bond donors (Lipinski definition) is 1. The van der Waals surface area contributed by atoms with Gasteiger partial charge >= 0.3 is 0 Å². The van der Waals surface area contributed by atoms with Gasteiger partial charge in [-0.1, -0.05) is 0 Å². The lowest BCUT2D eigenvalue weighted by Crippen LogP contribution is -2.44. The van der Waals surface area contributed by atoms with Crippen LogP contribution in [0.15, 0.2) is 23.1 Å². The Morgan fingerprint density at radius 3 is 2.83 bits per heavy atom. The number of nitrogens with two attached hydrogens (primary N) is 1. The molecule has 1 aromatic rings. The highest BCUT2D eigenvalue weighted by molar-refractivity contribution is 7.99. The number of nitrogens with zero attached hydrogens (tertiary/aromatic N) is 1. The van der Waals surface area contributed by atoms with E-state index in [9.17, 15) is 12.8 Å². The lowest BCUT2D eigenvalue weighted by molar-refractivity contribution is 0.365. The van der Waals surface area contributed by atoms with Crippen molar-refractivity contribution in [2.45, 2.75) is 17.9 Å². The number of anilines is 1. The van der Waals surface area contributed by atoms with E-state index in [2.05, 4.69) is 0 Å². The Kier molecular flexibility index (Phi) is 3.84. The summed E-state index contributed by atoms with van der Waals surface area (Å²) in [7, 11) is -3.77. The van der Waals surface area contributed by atoms with Crippen molar-refractivity contribution < 1.29 is 12.8 Å². The van der Waals surface area contributed by atoms with E-state index in [4.69, 9.17) is 5.73 Å². The Labute approximate surface area is 110 Å². The van der Waals surface area contributed by atoms with E-state index in [0.29, 0.717) is 6.54 Å². The molecule has 2 N–H and O–H groups in total. The molecule has 18 heavy (non-hydrogen) atoms. The molecule has 100 valence electrons. The molecular formula is C11H15FN2O2S2. The van der Waals surface area contributed by atoms with Gasteiger partial charge in [0.05, 0.1) is 0 Å². The summed E-state index contributed by atoms with van der Waals surface area (Å²) >= 11 is 1.70. The van der Waals surface area contributed by atoms with Crippen LogP contribution in [0.1, 0.15) is 6.92 Å². The number of halogens is 1. The van der Waals surface area contributed by atoms with Gasteiger partial charge in [-0.2, -0.15) is 16.1 Å². The van der Waals surface area contributed by atoms with Crippen molar-refractivity contribution in [2.75, 3.05) is 23.8 Å².